The van der Waals surface area contributed by atoms with E-state index in [9.17, 15) is 4.79 Å². The zero-order valence-corrected chi connectivity index (χ0v) is 15.8. The van der Waals surface area contributed by atoms with Gasteiger partial charge < -0.3 is 9.47 Å². The molecule has 0 radical (unpaired) electrons. The molecule has 4 rings (SSSR count). The van der Waals surface area contributed by atoms with Gasteiger partial charge in [0.1, 0.15) is 5.82 Å². The molecule has 2 heterocycles. The van der Waals surface area contributed by atoms with Gasteiger partial charge in [-0.15, -0.1) is 0 Å². The Morgan fingerprint density at radius 2 is 1.76 bits per heavy atom. The van der Waals surface area contributed by atoms with Gasteiger partial charge in [0.05, 0.1) is 0 Å². The van der Waals surface area contributed by atoms with Crippen LogP contribution in [0, 0.1) is 18.8 Å². The van der Waals surface area contributed by atoms with Crippen molar-refractivity contribution < 1.29 is 4.79 Å². The molecule has 0 aromatic carbocycles. The summed E-state index contributed by atoms with van der Waals surface area (Å²) in [5.41, 5.74) is 1.31. The Kier molecular flexibility index (Phi) is 5.14. The quantitative estimate of drug-likeness (QED) is 0.800. The Morgan fingerprint density at radius 3 is 2.40 bits per heavy atom. The van der Waals surface area contributed by atoms with Gasteiger partial charge in [0, 0.05) is 43.9 Å². The summed E-state index contributed by atoms with van der Waals surface area (Å²) in [7, 11) is 0. The van der Waals surface area contributed by atoms with E-state index in [1.54, 1.807) is 0 Å². The van der Waals surface area contributed by atoms with Crippen LogP contribution in [0.25, 0.3) is 0 Å². The Labute approximate surface area is 152 Å². The maximum absolute atomic E-state index is 12.5. The first kappa shape index (κ1) is 17.1. The highest BCUT2D eigenvalue weighted by Gasteiger charge is 2.29. The third kappa shape index (κ3) is 3.78. The molecule has 4 nitrogen and oxygen atoms in total. The van der Waals surface area contributed by atoms with Crippen molar-refractivity contribution in [1.29, 1.82) is 0 Å². The van der Waals surface area contributed by atoms with Crippen LogP contribution in [0.3, 0.4) is 0 Å². The monoisotopic (exact) mass is 343 g/mol. The number of hydrogen-bond donors (Lipinski definition) is 0. The fourth-order valence-electron chi connectivity index (χ4n) is 4.92. The van der Waals surface area contributed by atoms with Crippen molar-refractivity contribution in [2.24, 2.45) is 11.8 Å². The maximum Gasteiger partial charge on any atom is 0.222 e. The first-order valence-electron chi connectivity index (χ1n) is 10.5. The van der Waals surface area contributed by atoms with E-state index in [0.29, 0.717) is 23.7 Å². The SMILES string of the molecule is Cc1cnc(C2CCC2)n1CC1CCN(C(=O)CC2CCCC2)CC1. The molecule has 0 bridgehead atoms. The lowest BCUT2D eigenvalue weighted by Crippen LogP contribution is -2.40. The average Bonchev–Trinajstić information content (AvgIpc) is 3.19. The van der Waals surface area contributed by atoms with Gasteiger partial charge in [0.15, 0.2) is 0 Å². The number of imidazole rings is 1. The van der Waals surface area contributed by atoms with Gasteiger partial charge in [-0.3, -0.25) is 4.79 Å². The largest absolute Gasteiger partial charge is 0.343 e. The van der Waals surface area contributed by atoms with Gasteiger partial charge >= 0.3 is 0 Å². The van der Waals surface area contributed by atoms with Crippen LogP contribution in [0.1, 0.15) is 81.6 Å². The first-order chi connectivity index (χ1) is 12.2. The summed E-state index contributed by atoms with van der Waals surface area (Å²) < 4.78 is 2.48. The highest BCUT2D eigenvalue weighted by atomic mass is 16.2. The van der Waals surface area contributed by atoms with Gasteiger partial charge in [-0.1, -0.05) is 19.3 Å². The Bertz CT molecular complexity index is 590. The van der Waals surface area contributed by atoms with Crippen LogP contribution in [0.5, 0.6) is 0 Å². The second-order valence-corrected chi connectivity index (χ2v) is 8.67. The topological polar surface area (TPSA) is 38.1 Å². The van der Waals surface area contributed by atoms with Crippen LogP contribution in [0.2, 0.25) is 0 Å². The zero-order valence-electron chi connectivity index (χ0n) is 15.8. The molecule has 0 spiro atoms. The lowest BCUT2D eigenvalue weighted by atomic mass is 9.84. The van der Waals surface area contributed by atoms with E-state index >= 15 is 0 Å². The summed E-state index contributed by atoms with van der Waals surface area (Å²) >= 11 is 0. The minimum absolute atomic E-state index is 0.416. The number of carbonyl (C=O) groups is 1. The highest BCUT2D eigenvalue weighted by molar-refractivity contribution is 5.76. The minimum Gasteiger partial charge on any atom is -0.343 e. The van der Waals surface area contributed by atoms with E-state index in [0.717, 1.165) is 38.9 Å². The fraction of sp³-hybridized carbons (Fsp3) is 0.810. The molecule has 1 aromatic heterocycles. The minimum atomic E-state index is 0.416. The van der Waals surface area contributed by atoms with Crippen LogP contribution in [-0.2, 0) is 11.3 Å². The molecule has 0 N–H and O–H groups in total. The van der Waals surface area contributed by atoms with Gasteiger partial charge in [-0.2, -0.15) is 0 Å². The molecule has 1 saturated heterocycles. The van der Waals surface area contributed by atoms with Crippen LogP contribution in [0.4, 0.5) is 0 Å². The van der Waals surface area contributed by atoms with Crippen molar-refractivity contribution in [3.63, 3.8) is 0 Å². The molecular formula is C21H33N3O. The zero-order chi connectivity index (χ0) is 17.2. The number of carbonyl (C=O) groups excluding carboxylic acids is 1. The second kappa shape index (κ2) is 7.51. The predicted octanol–water partition coefficient (Wildman–Crippen LogP) is 4.28. The number of nitrogens with zero attached hydrogens (tertiary/aromatic N) is 3. The summed E-state index contributed by atoms with van der Waals surface area (Å²) in [5.74, 6) is 3.80. The van der Waals surface area contributed by atoms with E-state index in [-0.39, 0.29) is 0 Å². The molecule has 3 aliphatic rings. The molecule has 25 heavy (non-hydrogen) atoms. The summed E-state index contributed by atoms with van der Waals surface area (Å²) in [5, 5.41) is 0. The van der Waals surface area contributed by atoms with Gasteiger partial charge in [0.2, 0.25) is 5.91 Å². The smallest absolute Gasteiger partial charge is 0.222 e. The summed E-state index contributed by atoms with van der Waals surface area (Å²) in [6.45, 7) is 5.21. The third-order valence-electron chi connectivity index (χ3n) is 6.90. The van der Waals surface area contributed by atoms with Crippen LogP contribution >= 0.6 is 0 Å². The molecule has 2 aliphatic carbocycles. The van der Waals surface area contributed by atoms with Gasteiger partial charge in [-0.05, 0) is 57.3 Å². The van der Waals surface area contributed by atoms with Crippen molar-refractivity contribution in [2.75, 3.05) is 13.1 Å². The van der Waals surface area contributed by atoms with Crippen molar-refractivity contribution in [2.45, 2.75) is 83.6 Å². The number of likely N-dealkylation sites (tertiary alicyclic amines) is 1. The molecule has 1 aromatic rings. The molecule has 0 unspecified atom stereocenters. The third-order valence-corrected chi connectivity index (χ3v) is 6.90. The Hall–Kier alpha value is -1.32. The molecule has 2 saturated carbocycles. The number of rotatable bonds is 5. The van der Waals surface area contributed by atoms with Gasteiger partial charge in [0.25, 0.3) is 0 Å². The van der Waals surface area contributed by atoms with Crippen molar-refractivity contribution in [3.05, 3.63) is 17.7 Å². The summed E-state index contributed by atoms with van der Waals surface area (Å²) in [6.07, 6.45) is 14.3. The van der Waals surface area contributed by atoms with Gasteiger partial charge in [-0.25, -0.2) is 4.98 Å². The molecule has 0 atom stereocenters. The molecule has 3 fully saturated rings. The lowest BCUT2D eigenvalue weighted by molar-refractivity contribution is -0.133. The molecule has 1 aliphatic heterocycles. The second-order valence-electron chi connectivity index (χ2n) is 8.67. The van der Waals surface area contributed by atoms with E-state index in [4.69, 9.17) is 4.98 Å². The van der Waals surface area contributed by atoms with Crippen LogP contribution in [-0.4, -0.2) is 33.4 Å². The van der Waals surface area contributed by atoms with Crippen LogP contribution in [0.15, 0.2) is 6.20 Å². The standard InChI is InChI=1S/C21H33N3O/c1-16-14-22-21(19-7-4-8-19)24(16)15-18-9-11-23(12-10-18)20(25)13-17-5-2-3-6-17/h14,17-19H,2-13,15H2,1H3. The van der Waals surface area contributed by atoms with E-state index in [1.807, 2.05) is 6.20 Å². The molecular weight excluding hydrogens is 310 g/mol. The summed E-state index contributed by atoms with van der Waals surface area (Å²) in [6, 6.07) is 0. The highest BCUT2D eigenvalue weighted by Crippen LogP contribution is 2.36. The van der Waals surface area contributed by atoms with E-state index < -0.39 is 0 Å². The van der Waals surface area contributed by atoms with E-state index in [2.05, 4.69) is 16.4 Å². The Morgan fingerprint density at radius 1 is 1.04 bits per heavy atom. The maximum atomic E-state index is 12.5. The number of hydrogen-bond acceptors (Lipinski definition) is 2. The number of piperidine rings is 1. The first-order valence-corrected chi connectivity index (χ1v) is 10.5. The number of amides is 1. The van der Waals surface area contributed by atoms with Crippen molar-refractivity contribution >= 4 is 5.91 Å². The van der Waals surface area contributed by atoms with E-state index in [1.165, 1.54) is 56.5 Å². The average molecular weight is 344 g/mol. The van der Waals surface area contributed by atoms with Crippen molar-refractivity contribution in [3.8, 4) is 0 Å². The molecule has 1 amide bonds. The van der Waals surface area contributed by atoms with Crippen molar-refractivity contribution in [1.82, 2.24) is 14.5 Å². The predicted molar refractivity (Wildman–Crippen MR) is 99.4 cm³/mol. The van der Waals surface area contributed by atoms with Crippen LogP contribution < -0.4 is 0 Å². The Balaban J connectivity index is 1.29. The molecule has 138 valence electrons. The summed E-state index contributed by atoms with van der Waals surface area (Å²) in [4.78, 5) is 19.4. The molecule has 4 heteroatoms. The number of aromatic nitrogens is 2. The number of aryl methyl sites for hydroxylation is 1. The lowest BCUT2D eigenvalue weighted by Gasteiger charge is -2.34. The fourth-order valence-corrected chi connectivity index (χ4v) is 4.92. The normalized spacial score (nSPS) is 23.2.